The van der Waals surface area contributed by atoms with Crippen LogP contribution in [0.1, 0.15) is 155 Å². The Hall–Kier alpha value is -13.4. The van der Waals surface area contributed by atoms with Crippen LogP contribution < -0.4 is 136 Å². The van der Waals surface area contributed by atoms with Gasteiger partial charge >= 0.3 is 0 Å². The fraction of sp³-hybridized carbons (Fsp3) is 0.618. The van der Waals surface area contributed by atoms with Crippen molar-refractivity contribution in [3.63, 3.8) is 0 Å². The summed E-state index contributed by atoms with van der Waals surface area (Å²) in [5.74, 6) is -18.6. The summed E-state index contributed by atoms with van der Waals surface area (Å²) >= 11 is 0. The highest BCUT2D eigenvalue weighted by molar-refractivity contribution is 6.02. The Labute approximate surface area is 722 Å². The Morgan fingerprint density at radius 3 is 1.24 bits per heavy atom. The minimum absolute atomic E-state index is 0.000673. The number of nitrogens with two attached hydrogens (primary N) is 8. The Bertz CT molecular complexity index is 4160. The number of nitrogens with one attached hydrogen (secondary N) is 23. The summed E-state index contributed by atoms with van der Waals surface area (Å²) in [6.45, 7) is 3.52. The Morgan fingerprint density at radius 1 is 0.424 bits per heavy atom. The second-order valence-electron chi connectivity index (χ2n) is 31.1. The van der Waals surface area contributed by atoms with Crippen LogP contribution in [0.3, 0.4) is 0 Å². The smallest absolute Gasteiger partial charge is 0.246 e. The van der Waals surface area contributed by atoms with Crippen LogP contribution in [0, 0.1) is 33.0 Å². The molecule has 0 spiro atoms. The van der Waals surface area contributed by atoms with Gasteiger partial charge in [-0.2, -0.15) is 0 Å². The molecule has 39 N–H and O–H groups in total. The van der Waals surface area contributed by atoms with Crippen LogP contribution in [0.2, 0.25) is 0 Å². The Morgan fingerprint density at radius 2 is 0.800 bits per heavy atom. The first-order valence-electron chi connectivity index (χ1n) is 41.7. The molecular weight excluding hydrogens is 1630 g/mol. The standard InChI is InChI=1S/C76H127N33O16/c1-39(2)58-71(125)109-34-14-24-54(109)70(124)108-33-13-23-53(108)69(123)106-51(35-41-37-95-43-16-5-4-15-42(41)43)67(121)103-47(20-10-30-92-74(84)85)63(117)101-46(19-9-29-91-73(82)83)62(116)100-45(18-8-28-90-72(80)81)61(115)97-40(3)59(113)99-44(17-6-7-27-77)60(114)96-38-57(112)98-50(25-26-55(78)110)65(119)102-48(21-11-31-93-75(86)87)64(118)105-52(36-56(79)111)68(122)104-49(66(120)107-58)22-12-32-94-76(88)89/h4-5,15-16,37,39-40,44-54,58,95H,6-14,17-36,38,77H2,1-3H3,(H2,78,110)(H2,79,111)(H,96,114)(H,97,115)(H,98,112)(H,99,113)(H,100,116)(H,101,117)(H,102,119)(H,103,121)(H,104,122)(H,105,118)(H,106,123)(H,107,120)(H4,80,81,90)(H4,82,83,91)(H4,84,85,92)(H4,86,87,93)(H4,88,89,94)/t40-,44-,45-,46-,47-,48-,49-,50-,51-,52-,53+,54-,58-/m0/s1. The van der Waals surface area contributed by atoms with E-state index in [2.05, 4.69) is 95.4 Å². The van der Waals surface area contributed by atoms with E-state index in [0.29, 0.717) is 22.9 Å². The first-order valence-corrected chi connectivity index (χ1v) is 41.7. The summed E-state index contributed by atoms with van der Waals surface area (Å²) < 4.78 is 0. The lowest BCUT2D eigenvalue weighted by Gasteiger charge is -2.34. The van der Waals surface area contributed by atoms with E-state index in [-0.39, 0.29) is 162 Å². The highest BCUT2D eigenvalue weighted by atomic mass is 16.2. The van der Waals surface area contributed by atoms with E-state index >= 15 is 24.0 Å². The summed E-state index contributed by atoms with van der Waals surface area (Å²) in [6.07, 6.45) is -0.627. The number of aromatic nitrogens is 1. The van der Waals surface area contributed by atoms with Gasteiger partial charge in [0.25, 0.3) is 0 Å². The van der Waals surface area contributed by atoms with E-state index in [4.69, 9.17) is 72.9 Å². The first kappa shape index (κ1) is 102. The van der Waals surface area contributed by atoms with Crippen LogP contribution in [0.5, 0.6) is 0 Å². The predicted molar refractivity (Wildman–Crippen MR) is 457 cm³/mol. The number of aromatic amines is 1. The van der Waals surface area contributed by atoms with E-state index in [0.717, 1.165) is 0 Å². The third-order valence-corrected chi connectivity index (χ3v) is 20.8. The van der Waals surface area contributed by atoms with Gasteiger partial charge in [0.2, 0.25) is 94.5 Å². The van der Waals surface area contributed by atoms with Crippen molar-refractivity contribution in [1.29, 1.82) is 27.0 Å². The molecule has 0 bridgehead atoms. The average Bonchev–Trinajstić information content (AvgIpc) is 1.67. The van der Waals surface area contributed by atoms with Crippen molar-refractivity contribution >= 4 is 135 Å². The van der Waals surface area contributed by atoms with Crippen molar-refractivity contribution in [2.24, 2.45) is 51.8 Å². The van der Waals surface area contributed by atoms with Gasteiger partial charge in [-0.05, 0) is 147 Å². The minimum atomic E-state index is -1.93. The summed E-state index contributed by atoms with van der Waals surface area (Å²) in [7, 11) is 0. The number of para-hydroxylation sites is 1. The summed E-state index contributed by atoms with van der Waals surface area (Å²) in [5, 5.41) is 83.2. The summed E-state index contributed by atoms with van der Waals surface area (Å²) in [6, 6.07) is -13.0. The van der Waals surface area contributed by atoms with Gasteiger partial charge in [-0.15, -0.1) is 0 Å². The van der Waals surface area contributed by atoms with Gasteiger partial charge in [0, 0.05) is 75.8 Å². The third kappa shape index (κ3) is 35.2. The highest BCUT2D eigenvalue weighted by Gasteiger charge is 2.46. The van der Waals surface area contributed by atoms with Crippen LogP contribution in [0.25, 0.3) is 10.9 Å². The number of carbonyl (C=O) groups is 16. The second-order valence-corrected chi connectivity index (χ2v) is 31.1. The summed E-state index contributed by atoms with van der Waals surface area (Å²) in [5.41, 5.74) is 46.0. The number of fused-ring (bicyclic) bond motifs is 3. The predicted octanol–water partition coefficient (Wildman–Crippen LogP) is -9.58. The van der Waals surface area contributed by atoms with Gasteiger partial charge < -0.3 is 151 Å². The molecule has 16 amide bonds. The molecule has 0 aliphatic carbocycles. The zero-order valence-corrected chi connectivity index (χ0v) is 70.7. The number of benzene rings is 1. The number of unbranched alkanes of at least 4 members (excludes halogenated alkanes) is 1. The van der Waals surface area contributed by atoms with Gasteiger partial charge in [-0.3, -0.25) is 104 Å². The topological polar surface area (TPSA) is 827 Å². The number of nitrogens with zero attached hydrogens (tertiary/aromatic N) is 2. The fourth-order valence-electron chi connectivity index (χ4n) is 14.3. The molecule has 49 nitrogen and oxygen atoms in total. The number of primary amides is 2. The van der Waals surface area contributed by atoms with E-state index in [1.54, 1.807) is 44.3 Å². The first-order chi connectivity index (χ1) is 59.3. The number of H-pyrrole nitrogens is 1. The monoisotopic (exact) mass is 1760 g/mol. The summed E-state index contributed by atoms with van der Waals surface area (Å²) in [4.78, 5) is 237. The molecule has 0 unspecified atom stereocenters. The van der Waals surface area contributed by atoms with Crippen LogP contribution in [-0.2, 0) is 83.1 Å². The normalized spacial score (nSPS) is 23.8. The molecule has 1 aromatic heterocycles. The van der Waals surface area contributed by atoms with Gasteiger partial charge in [0.05, 0.1) is 13.0 Å². The molecule has 3 fully saturated rings. The quantitative estimate of drug-likeness (QED) is 0.0184. The lowest BCUT2D eigenvalue weighted by Crippen LogP contribution is -2.61. The lowest BCUT2D eigenvalue weighted by molar-refractivity contribution is -0.148. The van der Waals surface area contributed by atoms with Crippen molar-refractivity contribution in [3.05, 3.63) is 36.0 Å². The van der Waals surface area contributed by atoms with E-state index in [1.807, 2.05) is 0 Å². The molecule has 125 heavy (non-hydrogen) atoms. The van der Waals surface area contributed by atoms with Gasteiger partial charge in [-0.1, -0.05) is 32.0 Å². The molecule has 3 aliphatic heterocycles. The molecule has 1 aromatic carbocycles. The minimum Gasteiger partial charge on any atom is -0.370 e. The number of hydrogen-bond acceptors (Lipinski definition) is 22. The zero-order valence-electron chi connectivity index (χ0n) is 70.7. The van der Waals surface area contributed by atoms with Crippen LogP contribution in [0.4, 0.5) is 0 Å². The number of hydrogen-bond donors (Lipinski definition) is 31. The molecule has 3 aliphatic rings. The van der Waals surface area contributed by atoms with E-state index in [1.165, 1.54) is 16.7 Å². The van der Waals surface area contributed by atoms with Crippen LogP contribution in [-0.4, -0.2) is 277 Å². The number of rotatable bonds is 32. The molecule has 0 saturated carbocycles. The maximum Gasteiger partial charge on any atom is 0.246 e. The van der Waals surface area contributed by atoms with Crippen molar-refractivity contribution in [2.75, 3.05) is 58.9 Å². The van der Waals surface area contributed by atoms with Gasteiger partial charge in [-0.25, -0.2) is 0 Å². The van der Waals surface area contributed by atoms with Crippen LogP contribution >= 0.6 is 0 Å². The molecule has 49 heteroatoms. The van der Waals surface area contributed by atoms with E-state index in [9.17, 15) is 52.7 Å². The Kier molecular flexibility index (Phi) is 42.6. The molecule has 5 rings (SSSR count). The Balaban J connectivity index is 1.65. The largest absolute Gasteiger partial charge is 0.370 e. The van der Waals surface area contributed by atoms with Gasteiger partial charge in [0.1, 0.15) is 78.5 Å². The molecular formula is C76H127N33O16. The molecule has 0 radical (unpaired) electrons. The highest BCUT2D eigenvalue weighted by Crippen LogP contribution is 2.28. The fourth-order valence-corrected chi connectivity index (χ4v) is 14.3. The zero-order chi connectivity index (χ0) is 92.6. The second kappa shape index (κ2) is 52.1. The van der Waals surface area contributed by atoms with Crippen molar-refractivity contribution < 1.29 is 76.7 Å². The molecule has 4 heterocycles. The molecule has 3 saturated heterocycles. The SMILES string of the molecule is CC(C)[C@@H]1NC(=O)[C@H](CCCNC(=N)N)NC(=O)[C@H](CC(N)=O)NC(=O)[C@H](CCCNC(=N)N)NC(=O)[C@H](CCC(N)=O)NC(=O)CNC(=O)[C@H](CCCCN)NC(=O)[C@H](C)NC(=O)[C@H](CCCNC(=N)N)NC(=O)[C@H](CCCNC(=N)N)NC(=O)[C@H](CCCNC(=N)N)NC(=O)[C@H](Cc2c[nH]c3ccccc23)NC(=O)[C@H]2CCCN2C(=O)[C@@H]2CCCN2C1=O. The van der Waals surface area contributed by atoms with Crippen molar-refractivity contribution in [1.82, 2.24) is 105 Å². The average molecular weight is 1760 g/mol. The van der Waals surface area contributed by atoms with Crippen molar-refractivity contribution in [3.8, 4) is 0 Å². The number of guanidine groups is 5. The van der Waals surface area contributed by atoms with Crippen LogP contribution in [0.15, 0.2) is 30.5 Å². The van der Waals surface area contributed by atoms with Gasteiger partial charge in [0.15, 0.2) is 29.8 Å². The molecule has 13 atom stereocenters. The van der Waals surface area contributed by atoms with E-state index < -0.39 is 235 Å². The number of carbonyl (C=O) groups excluding carboxylic acids is 16. The number of amides is 16. The lowest BCUT2D eigenvalue weighted by atomic mass is 10.0. The van der Waals surface area contributed by atoms with Crippen molar-refractivity contribution in [2.45, 2.75) is 234 Å². The maximum atomic E-state index is 15.3. The third-order valence-electron chi connectivity index (χ3n) is 20.8. The molecule has 2 aromatic rings. The maximum absolute atomic E-state index is 15.3. The molecule has 692 valence electrons.